The molecule has 0 spiro atoms. The van der Waals surface area contributed by atoms with Crippen molar-refractivity contribution in [2.45, 2.75) is 0 Å². The highest BCUT2D eigenvalue weighted by Gasteiger charge is 2.12. The molecule has 3 rings (SSSR count). The topological polar surface area (TPSA) is 70.0 Å². The van der Waals surface area contributed by atoms with E-state index in [4.69, 9.17) is 14.3 Å². The molecule has 0 fully saturated rings. The van der Waals surface area contributed by atoms with Gasteiger partial charge >= 0.3 is 5.97 Å². The maximum atomic E-state index is 11.5. The van der Waals surface area contributed by atoms with Gasteiger partial charge in [0, 0.05) is 12.3 Å². The van der Waals surface area contributed by atoms with E-state index in [9.17, 15) is 4.79 Å². The maximum absolute atomic E-state index is 11.5. The molecule has 0 amide bonds. The molecule has 1 aliphatic rings. The number of rotatable bonds is 4. The van der Waals surface area contributed by atoms with Gasteiger partial charge in [-0.2, -0.15) is 0 Å². The van der Waals surface area contributed by atoms with Crippen molar-refractivity contribution in [1.82, 2.24) is 4.98 Å². The highest BCUT2D eigenvalue weighted by molar-refractivity contribution is 5.87. The Balaban J connectivity index is 1.56. The zero-order valence-electron chi connectivity index (χ0n) is 11.5. The molecule has 0 saturated carbocycles. The van der Waals surface area contributed by atoms with E-state index in [0.717, 1.165) is 5.56 Å². The number of ether oxygens (including phenoxy) is 2. The van der Waals surface area contributed by atoms with E-state index < -0.39 is 5.97 Å². The molecular formula is C16H12N2O4. The predicted molar refractivity (Wildman–Crippen MR) is 79.5 cm³/mol. The van der Waals surface area contributed by atoms with Crippen molar-refractivity contribution in [3.05, 3.63) is 59.9 Å². The number of carbonyl (C=O) groups excluding carboxylic acids is 1. The van der Waals surface area contributed by atoms with Crippen LogP contribution in [0.5, 0.6) is 11.5 Å². The molecule has 110 valence electrons. The molecule has 0 radical (unpaired) electrons. The molecule has 22 heavy (non-hydrogen) atoms. The maximum Gasteiger partial charge on any atom is 0.358 e. The lowest BCUT2D eigenvalue weighted by Crippen LogP contribution is -1.95. The van der Waals surface area contributed by atoms with Gasteiger partial charge in [-0.1, -0.05) is 17.3 Å². The molecule has 6 heteroatoms. The highest BCUT2D eigenvalue weighted by Crippen LogP contribution is 2.32. The van der Waals surface area contributed by atoms with E-state index in [1.165, 1.54) is 12.3 Å². The fourth-order valence-corrected chi connectivity index (χ4v) is 1.80. The smallest absolute Gasteiger partial charge is 0.358 e. The van der Waals surface area contributed by atoms with Crippen LogP contribution in [0.4, 0.5) is 0 Å². The van der Waals surface area contributed by atoms with Crippen LogP contribution in [-0.4, -0.2) is 24.0 Å². The average Bonchev–Trinajstić information content (AvgIpc) is 3.01. The van der Waals surface area contributed by atoms with Crippen LogP contribution >= 0.6 is 0 Å². The molecule has 1 aliphatic heterocycles. The van der Waals surface area contributed by atoms with Gasteiger partial charge in [0.2, 0.25) is 6.79 Å². The minimum atomic E-state index is -0.579. The lowest BCUT2D eigenvalue weighted by molar-refractivity contribution is -0.137. The number of hydrogen-bond donors (Lipinski definition) is 0. The summed E-state index contributed by atoms with van der Waals surface area (Å²) in [4.78, 5) is 20.3. The molecule has 2 heterocycles. The van der Waals surface area contributed by atoms with Crippen LogP contribution in [0.1, 0.15) is 11.3 Å². The van der Waals surface area contributed by atoms with Crippen LogP contribution in [-0.2, 0) is 9.63 Å². The largest absolute Gasteiger partial charge is 0.454 e. The summed E-state index contributed by atoms with van der Waals surface area (Å²) in [7, 11) is 0. The van der Waals surface area contributed by atoms with Gasteiger partial charge in [-0.15, -0.1) is 0 Å². The third-order valence-corrected chi connectivity index (χ3v) is 2.82. The Hall–Kier alpha value is -3.15. The molecule has 2 aromatic rings. The van der Waals surface area contributed by atoms with Crippen LogP contribution in [0.3, 0.4) is 0 Å². The summed E-state index contributed by atoms with van der Waals surface area (Å²) in [6.45, 7) is 0.215. The monoisotopic (exact) mass is 296 g/mol. The van der Waals surface area contributed by atoms with Crippen molar-refractivity contribution in [1.29, 1.82) is 0 Å². The number of nitrogens with zero attached hydrogens (tertiary/aromatic N) is 2. The number of carbonyl (C=O) groups is 1. The Labute approximate surface area is 126 Å². The first-order valence-corrected chi connectivity index (χ1v) is 6.54. The second-order valence-electron chi connectivity index (χ2n) is 4.35. The van der Waals surface area contributed by atoms with Crippen LogP contribution in [0.25, 0.3) is 6.08 Å². The van der Waals surface area contributed by atoms with E-state index in [0.29, 0.717) is 17.2 Å². The first-order valence-electron chi connectivity index (χ1n) is 6.54. The quantitative estimate of drug-likeness (QED) is 0.375. The van der Waals surface area contributed by atoms with Crippen molar-refractivity contribution in [3.8, 4) is 11.5 Å². The van der Waals surface area contributed by atoms with Crippen molar-refractivity contribution in [2.24, 2.45) is 5.16 Å². The molecule has 1 aromatic carbocycles. The fourth-order valence-electron chi connectivity index (χ4n) is 1.80. The lowest BCUT2D eigenvalue weighted by atomic mass is 10.2. The number of pyridine rings is 1. The standard InChI is InChI=1S/C16H12N2O4/c19-16(22-18-10-13-3-1-2-8-17-13)7-5-12-4-6-14-15(9-12)21-11-20-14/h1-10H,11H2/b7-5+,18-10+. The lowest BCUT2D eigenvalue weighted by Gasteiger charge is -1.97. The van der Waals surface area contributed by atoms with Crippen LogP contribution < -0.4 is 9.47 Å². The molecule has 0 atom stereocenters. The highest BCUT2D eigenvalue weighted by atomic mass is 16.7. The number of fused-ring (bicyclic) bond motifs is 1. The number of hydrogen-bond acceptors (Lipinski definition) is 6. The molecule has 1 aromatic heterocycles. The summed E-state index contributed by atoms with van der Waals surface area (Å²) in [6.07, 6.45) is 5.89. The zero-order valence-corrected chi connectivity index (χ0v) is 11.5. The minimum absolute atomic E-state index is 0.215. The Morgan fingerprint density at radius 1 is 1.23 bits per heavy atom. The first kappa shape index (κ1) is 13.8. The van der Waals surface area contributed by atoms with E-state index in [-0.39, 0.29) is 6.79 Å². The van der Waals surface area contributed by atoms with Crippen molar-refractivity contribution in [3.63, 3.8) is 0 Å². The minimum Gasteiger partial charge on any atom is -0.454 e. The van der Waals surface area contributed by atoms with Crippen LogP contribution in [0.2, 0.25) is 0 Å². The summed E-state index contributed by atoms with van der Waals surface area (Å²) in [5, 5.41) is 3.58. The molecule has 0 N–H and O–H groups in total. The molecule has 0 saturated heterocycles. The molecule has 0 unspecified atom stereocenters. The third-order valence-electron chi connectivity index (χ3n) is 2.82. The average molecular weight is 296 g/mol. The van der Waals surface area contributed by atoms with E-state index in [2.05, 4.69) is 10.1 Å². The fraction of sp³-hybridized carbons (Fsp3) is 0.0625. The molecular weight excluding hydrogens is 284 g/mol. The van der Waals surface area contributed by atoms with Crippen LogP contribution in [0.15, 0.2) is 53.8 Å². The summed E-state index contributed by atoms with van der Waals surface area (Å²) < 4.78 is 10.5. The SMILES string of the molecule is O=C(/C=C/c1ccc2c(c1)OCO2)O/N=C/c1ccccn1. The van der Waals surface area contributed by atoms with Crippen LogP contribution in [0, 0.1) is 0 Å². The van der Waals surface area contributed by atoms with Crippen molar-refractivity contribution >= 4 is 18.3 Å². The van der Waals surface area contributed by atoms with Crippen molar-refractivity contribution < 1.29 is 19.1 Å². The van der Waals surface area contributed by atoms with Gasteiger partial charge in [-0.25, -0.2) is 4.79 Å². The summed E-state index contributed by atoms with van der Waals surface area (Å²) in [5.41, 5.74) is 1.41. The number of benzene rings is 1. The Morgan fingerprint density at radius 2 is 2.14 bits per heavy atom. The van der Waals surface area contributed by atoms with Gasteiger partial charge in [-0.3, -0.25) is 4.98 Å². The van der Waals surface area contributed by atoms with E-state index in [1.54, 1.807) is 36.5 Å². The molecule has 0 bridgehead atoms. The summed E-state index contributed by atoms with van der Waals surface area (Å²) >= 11 is 0. The van der Waals surface area contributed by atoms with Gasteiger partial charge in [-0.05, 0) is 35.9 Å². The molecule has 0 aliphatic carbocycles. The van der Waals surface area contributed by atoms with Gasteiger partial charge in [0.05, 0.1) is 11.9 Å². The Bertz CT molecular complexity index is 726. The summed E-state index contributed by atoms with van der Waals surface area (Å²) in [6, 6.07) is 10.7. The predicted octanol–water partition coefficient (Wildman–Crippen LogP) is 2.40. The van der Waals surface area contributed by atoms with E-state index >= 15 is 0 Å². The Morgan fingerprint density at radius 3 is 3.00 bits per heavy atom. The van der Waals surface area contributed by atoms with Gasteiger partial charge in [0.1, 0.15) is 0 Å². The second-order valence-corrected chi connectivity index (χ2v) is 4.35. The Kier molecular flexibility index (Phi) is 4.10. The number of oxime groups is 1. The number of aromatic nitrogens is 1. The van der Waals surface area contributed by atoms with E-state index in [1.807, 2.05) is 12.1 Å². The first-order chi connectivity index (χ1) is 10.8. The van der Waals surface area contributed by atoms with Gasteiger partial charge < -0.3 is 14.3 Å². The normalized spacial score (nSPS) is 12.9. The third kappa shape index (κ3) is 3.49. The van der Waals surface area contributed by atoms with Gasteiger partial charge in [0.25, 0.3) is 0 Å². The van der Waals surface area contributed by atoms with Gasteiger partial charge in [0.15, 0.2) is 11.5 Å². The summed E-state index contributed by atoms with van der Waals surface area (Å²) in [5.74, 6) is 0.772. The molecule has 6 nitrogen and oxygen atoms in total. The zero-order chi connectivity index (χ0) is 15.2. The van der Waals surface area contributed by atoms with Crippen molar-refractivity contribution in [2.75, 3.05) is 6.79 Å². The second kappa shape index (κ2) is 6.53.